The van der Waals surface area contributed by atoms with Gasteiger partial charge in [-0.05, 0) is 47.5 Å². The van der Waals surface area contributed by atoms with E-state index in [2.05, 4.69) is 5.32 Å². The van der Waals surface area contributed by atoms with Crippen molar-refractivity contribution in [2.24, 2.45) is 0 Å². The molecule has 1 aliphatic rings. The van der Waals surface area contributed by atoms with E-state index in [1.165, 1.54) is 36.4 Å². The Balaban J connectivity index is 1.59. The SMILES string of the molecule is O=C1NC(=O)N(c2cccc([N+](=O)[O-])c2)C(=O)/C1=C\c1cccc(OCc2cccc(F)c2)c1. The van der Waals surface area contributed by atoms with Crippen molar-refractivity contribution >= 4 is 35.3 Å². The number of rotatable bonds is 6. The minimum atomic E-state index is -1.01. The van der Waals surface area contributed by atoms with Crippen LogP contribution in [0, 0.1) is 15.9 Å². The van der Waals surface area contributed by atoms with Gasteiger partial charge in [-0.2, -0.15) is 0 Å². The van der Waals surface area contributed by atoms with Gasteiger partial charge in [0.2, 0.25) is 0 Å². The molecule has 9 nitrogen and oxygen atoms in total. The number of non-ortho nitro benzene ring substituents is 1. The summed E-state index contributed by atoms with van der Waals surface area (Å²) < 4.78 is 19.0. The molecule has 1 N–H and O–H groups in total. The number of ether oxygens (including phenoxy) is 1. The molecule has 0 spiro atoms. The van der Waals surface area contributed by atoms with Gasteiger partial charge in [0.15, 0.2) is 0 Å². The third kappa shape index (κ3) is 4.80. The number of carbonyl (C=O) groups is 3. The Kier molecular flexibility index (Phi) is 6.13. The molecule has 0 bridgehead atoms. The summed E-state index contributed by atoms with van der Waals surface area (Å²) in [6, 6.07) is 16.4. The summed E-state index contributed by atoms with van der Waals surface area (Å²) in [5, 5.41) is 13.1. The number of hydrogen-bond donors (Lipinski definition) is 1. The Hall–Kier alpha value is -4.86. The van der Waals surface area contributed by atoms with Crippen molar-refractivity contribution in [2.75, 3.05) is 4.90 Å². The Morgan fingerprint density at radius 3 is 2.53 bits per heavy atom. The van der Waals surface area contributed by atoms with Crippen LogP contribution in [0.25, 0.3) is 6.08 Å². The monoisotopic (exact) mass is 461 g/mol. The van der Waals surface area contributed by atoms with Crippen molar-refractivity contribution in [3.05, 3.63) is 105 Å². The normalized spacial score (nSPS) is 14.8. The van der Waals surface area contributed by atoms with Crippen LogP contribution in [0.5, 0.6) is 5.75 Å². The molecule has 34 heavy (non-hydrogen) atoms. The van der Waals surface area contributed by atoms with Gasteiger partial charge in [0, 0.05) is 12.1 Å². The number of anilines is 1. The maximum Gasteiger partial charge on any atom is 0.335 e. The maximum atomic E-state index is 13.3. The molecule has 1 saturated heterocycles. The molecule has 0 atom stereocenters. The predicted octanol–water partition coefficient (Wildman–Crippen LogP) is 3.98. The lowest BCUT2D eigenvalue weighted by atomic mass is 10.1. The van der Waals surface area contributed by atoms with Crippen molar-refractivity contribution in [3.63, 3.8) is 0 Å². The zero-order chi connectivity index (χ0) is 24.2. The number of imide groups is 2. The van der Waals surface area contributed by atoms with E-state index in [4.69, 9.17) is 4.74 Å². The van der Waals surface area contributed by atoms with E-state index in [0.717, 1.165) is 6.07 Å². The fraction of sp³-hybridized carbons (Fsp3) is 0.0417. The van der Waals surface area contributed by atoms with E-state index < -0.39 is 22.8 Å². The fourth-order valence-electron chi connectivity index (χ4n) is 3.29. The van der Waals surface area contributed by atoms with Crippen LogP contribution in [0.3, 0.4) is 0 Å². The molecule has 0 aromatic heterocycles. The highest BCUT2D eigenvalue weighted by molar-refractivity contribution is 6.39. The van der Waals surface area contributed by atoms with E-state index in [0.29, 0.717) is 21.8 Å². The van der Waals surface area contributed by atoms with Gasteiger partial charge < -0.3 is 4.74 Å². The van der Waals surface area contributed by atoms with Crippen LogP contribution < -0.4 is 15.0 Å². The van der Waals surface area contributed by atoms with Crippen molar-refractivity contribution < 1.29 is 28.4 Å². The molecule has 1 fully saturated rings. The number of nitro groups is 1. The first kappa shape index (κ1) is 22.3. The number of halogens is 1. The minimum absolute atomic E-state index is 0.0534. The average molecular weight is 461 g/mol. The van der Waals surface area contributed by atoms with Crippen molar-refractivity contribution in [3.8, 4) is 5.75 Å². The number of barbiturate groups is 1. The summed E-state index contributed by atoms with van der Waals surface area (Å²) in [6.07, 6.45) is 1.28. The van der Waals surface area contributed by atoms with Gasteiger partial charge in [0.05, 0.1) is 10.6 Å². The highest BCUT2D eigenvalue weighted by atomic mass is 19.1. The van der Waals surface area contributed by atoms with Gasteiger partial charge in [0.25, 0.3) is 17.5 Å². The average Bonchev–Trinajstić information content (AvgIpc) is 2.81. The Bertz CT molecular complexity index is 1350. The Morgan fingerprint density at radius 1 is 1.00 bits per heavy atom. The van der Waals surface area contributed by atoms with Crippen LogP contribution in [0.1, 0.15) is 11.1 Å². The highest BCUT2D eigenvalue weighted by Crippen LogP contribution is 2.26. The molecule has 10 heteroatoms. The number of amides is 4. The number of urea groups is 1. The van der Waals surface area contributed by atoms with Crippen LogP contribution in [0.2, 0.25) is 0 Å². The fourth-order valence-corrected chi connectivity index (χ4v) is 3.29. The number of hydrogen-bond acceptors (Lipinski definition) is 6. The smallest absolute Gasteiger partial charge is 0.335 e. The molecule has 170 valence electrons. The molecule has 0 unspecified atom stereocenters. The minimum Gasteiger partial charge on any atom is -0.489 e. The molecule has 4 amide bonds. The summed E-state index contributed by atoms with van der Waals surface area (Å²) in [5.41, 5.74) is 0.347. The van der Waals surface area contributed by atoms with Crippen molar-refractivity contribution in [1.29, 1.82) is 0 Å². The van der Waals surface area contributed by atoms with Gasteiger partial charge in [-0.25, -0.2) is 14.1 Å². The lowest BCUT2D eigenvalue weighted by Gasteiger charge is -2.26. The molecular formula is C24H16FN3O6. The summed E-state index contributed by atoms with van der Waals surface area (Å²) in [7, 11) is 0. The van der Waals surface area contributed by atoms with E-state index in [1.54, 1.807) is 36.4 Å². The first-order valence-corrected chi connectivity index (χ1v) is 9.95. The van der Waals surface area contributed by atoms with Crippen LogP contribution in [-0.2, 0) is 16.2 Å². The molecular weight excluding hydrogens is 445 g/mol. The number of nitro benzene ring substituents is 1. The summed E-state index contributed by atoms with van der Waals surface area (Å²) >= 11 is 0. The summed E-state index contributed by atoms with van der Waals surface area (Å²) in [6.45, 7) is 0.103. The molecule has 4 rings (SSSR count). The molecule has 0 saturated carbocycles. The number of benzene rings is 3. The topological polar surface area (TPSA) is 119 Å². The maximum absolute atomic E-state index is 13.3. The van der Waals surface area contributed by atoms with Gasteiger partial charge in [-0.15, -0.1) is 0 Å². The molecule has 1 aliphatic heterocycles. The standard InChI is InChI=1S/C24H16FN3O6/c25-17-6-1-5-16(10-17)14-34-20-9-2-4-15(11-20)12-21-22(29)26-24(31)27(23(21)30)18-7-3-8-19(13-18)28(32)33/h1-13H,14H2,(H,26,29,31)/b21-12-. The lowest BCUT2D eigenvalue weighted by Crippen LogP contribution is -2.54. The first-order valence-electron chi connectivity index (χ1n) is 9.95. The van der Waals surface area contributed by atoms with E-state index >= 15 is 0 Å². The van der Waals surface area contributed by atoms with Gasteiger partial charge in [-0.1, -0.05) is 30.3 Å². The van der Waals surface area contributed by atoms with Crippen LogP contribution in [-0.4, -0.2) is 22.8 Å². The molecule has 0 aliphatic carbocycles. The zero-order valence-electron chi connectivity index (χ0n) is 17.4. The van der Waals surface area contributed by atoms with E-state index in [9.17, 15) is 28.9 Å². The van der Waals surface area contributed by atoms with Gasteiger partial charge in [-0.3, -0.25) is 25.0 Å². The summed E-state index contributed by atoms with van der Waals surface area (Å²) in [4.78, 5) is 48.7. The quantitative estimate of drug-likeness (QED) is 0.257. The number of carbonyl (C=O) groups excluding carboxylic acids is 3. The van der Waals surface area contributed by atoms with E-state index in [1.807, 2.05) is 0 Å². The third-order valence-electron chi connectivity index (χ3n) is 4.86. The third-order valence-corrected chi connectivity index (χ3v) is 4.86. The number of nitrogens with one attached hydrogen (secondary N) is 1. The molecule has 3 aromatic carbocycles. The second-order valence-electron chi connectivity index (χ2n) is 7.23. The van der Waals surface area contributed by atoms with Crippen molar-refractivity contribution in [1.82, 2.24) is 5.32 Å². The van der Waals surface area contributed by atoms with E-state index in [-0.39, 0.29) is 29.4 Å². The largest absolute Gasteiger partial charge is 0.489 e. The molecule has 0 radical (unpaired) electrons. The number of nitrogens with zero attached hydrogens (tertiary/aromatic N) is 2. The highest BCUT2D eigenvalue weighted by Gasteiger charge is 2.37. The zero-order valence-corrected chi connectivity index (χ0v) is 17.4. The van der Waals surface area contributed by atoms with Crippen LogP contribution in [0.4, 0.5) is 20.6 Å². The first-order chi connectivity index (χ1) is 16.3. The Morgan fingerprint density at radius 2 is 1.76 bits per heavy atom. The Labute approximate surface area is 192 Å². The predicted molar refractivity (Wildman–Crippen MR) is 119 cm³/mol. The van der Waals surface area contributed by atoms with Crippen LogP contribution in [0.15, 0.2) is 78.4 Å². The lowest BCUT2D eigenvalue weighted by molar-refractivity contribution is -0.384. The van der Waals surface area contributed by atoms with Gasteiger partial charge >= 0.3 is 6.03 Å². The molecule has 1 heterocycles. The second-order valence-corrected chi connectivity index (χ2v) is 7.23. The van der Waals surface area contributed by atoms with Crippen molar-refractivity contribution in [2.45, 2.75) is 6.61 Å². The summed E-state index contributed by atoms with van der Waals surface area (Å²) in [5.74, 6) is -1.80. The molecule has 3 aromatic rings. The van der Waals surface area contributed by atoms with Crippen LogP contribution >= 0.6 is 0 Å². The van der Waals surface area contributed by atoms with Gasteiger partial charge in [0.1, 0.15) is 23.7 Å². The second kappa shape index (κ2) is 9.33.